The van der Waals surface area contributed by atoms with Crippen molar-refractivity contribution in [2.45, 2.75) is 23.2 Å². The Morgan fingerprint density at radius 3 is 1.58 bits per heavy atom. The maximum Gasteiger partial charge on any atom is 0.166 e. The summed E-state index contributed by atoms with van der Waals surface area (Å²) in [6.45, 7) is 0. The molecule has 4 nitrogen and oxygen atoms in total. The van der Waals surface area contributed by atoms with Gasteiger partial charge in [0.1, 0.15) is 0 Å². The second-order valence-electron chi connectivity index (χ2n) is 5.52. The summed E-state index contributed by atoms with van der Waals surface area (Å²) in [6, 6.07) is 16.3. The Kier molecular flexibility index (Phi) is 4.76. The molecule has 0 bridgehead atoms. The highest BCUT2D eigenvalue weighted by atomic mass is 32.2. The second kappa shape index (κ2) is 7.32. The second-order valence-corrected chi connectivity index (χ2v) is 7.69. The van der Waals surface area contributed by atoms with Gasteiger partial charge in [-0.1, -0.05) is 47.8 Å². The van der Waals surface area contributed by atoms with Gasteiger partial charge >= 0.3 is 0 Å². The van der Waals surface area contributed by atoms with Crippen LogP contribution in [0.3, 0.4) is 0 Å². The Bertz CT molecular complexity index is 800. The van der Waals surface area contributed by atoms with Crippen LogP contribution in [0.4, 0.5) is 0 Å². The molecule has 0 aliphatic heterocycles. The lowest BCUT2D eigenvalue weighted by Gasteiger charge is -1.98. The lowest BCUT2D eigenvalue weighted by Crippen LogP contribution is -1.86. The van der Waals surface area contributed by atoms with E-state index in [0.717, 1.165) is 43.9 Å². The largest absolute Gasteiger partial charge is 0.333 e. The average molecular weight is 355 g/mol. The fourth-order valence-electron chi connectivity index (χ4n) is 2.54. The van der Waals surface area contributed by atoms with Crippen LogP contribution in [0.25, 0.3) is 22.1 Å². The van der Waals surface area contributed by atoms with Gasteiger partial charge in [0.25, 0.3) is 0 Å². The number of H-pyrrole nitrogens is 2. The molecule has 0 aliphatic rings. The predicted molar refractivity (Wildman–Crippen MR) is 103 cm³/mol. The van der Waals surface area contributed by atoms with Crippen molar-refractivity contribution >= 4 is 45.6 Å². The zero-order valence-corrected chi connectivity index (χ0v) is 14.8. The summed E-state index contributed by atoms with van der Waals surface area (Å²) in [6.07, 6.45) is 2.35. The third-order valence-corrected chi connectivity index (χ3v) is 5.67. The van der Waals surface area contributed by atoms with E-state index in [1.54, 1.807) is 23.5 Å². The monoisotopic (exact) mass is 354 g/mol. The van der Waals surface area contributed by atoms with Crippen molar-refractivity contribution in [2.24, 2.45) is 0 Å². The van der Waals surface area contributed by atoms with E-state index < -0.39 is 0 Å². The van der Waals surface area contributed by atoms with Gasteiger partial charge in [-0.2, -0.15) is 0 Å². The molecule has 0 saturated carbocycles. The maximum absolute atomic E-state index is 4.59. The lowest BCUT2D eigenvalue weighted by atomic mass is 10.3. The smallest absolute Gasteiger partial charge is 0.166 e. The molecule has 2 aromatic carbocycles. The van der Waals surface area contributed by atoms with Crippen LogP contribution >= 0.6 is 23.5 Å². The summed E-state index contributed by atoms with van der Waals surface area (Å²) in [5.41, 5.74) is 4.31. The molecule has 122 valence electrons. The number of fused-ring (bicyclic) bond motifs is 2. The van der Waals surface area contributed by atoms with Crippen LogP contribution in [0.2, 0.25) is 0 Å². The van der Waals surface area contributed by atoms with Crippen LogP contribution in [-0.2, 0) is 0 Å². The van der Waals surface area contributed by atoms with Crippen molar-refractivity contribution in [3.05, 3.63) is 48.5 Å². The van der Waals surface area contributed by atoms with E-state index in [2.05, 4.69) is 32.1 Å². The average Bonchev–Trinajstić information content (AvgIpc) is 3.20. The number of thioether (sulfide) groups is 2. The number of aromatic nitrogens is 4. The maximum atomic E-state index is 4.59. The molecule has 4 rings (SSSR count). The summed E-state index contributed by atoms with van der Waals surface area (Å²) in [5, 5.41) is 2.03. The molecule has 24 heavy (non-hydrogen) atoms. The SMILES string of the molecule is c1ccc2[nH]c(SCCCCSc3nc4ccccc4[nH]3)nc2c1. The Morgan fingerprint density at radius 2 is 1.12 bits per heavy atom. The van der Waals surface area contributed by atoms with E-state index in [1.165, 1.54) is 12.8 Å². The minimum absolute atomic E-state index is 1.01. The third-order valence-electron chi connectivity index (χ3n) is 3.75. The highest BCUT2D eigenvalue weighted by Gasteiger charge is 2.04. The van der Waals surface area contributed by atoms with Crippen molar-refractivity contribution in [2.75, 3.05) is 11.5 Å². The van der Waals surface area contributed by atoms with Gasteiger partial charge < -0.3 is 9.97 Å². The van der Waals surface area contributed by atoms with Gasteiger partial charge in [0, 0.05) is 11.5 Å². The van der Waals surface area contributed by atoms with Crippen LogP contribution in [-0.4, -0.2) is 31.4 Å². The number of hydrogen-bond donors (Lipinski definition) is 2. The first kappa shape index (κ1) is 15.6. The highest BCUT2D eigenvalue weighted by molar-refractivity contribution is 7.99. The fourth-order valence-corrected chi connectivity index (χ4v) is 4.31. The first-order valence-electron chi connectivity index (χ1n) is 8.03. The van der Waals surface area contributed by atoms with Crippen molar-refractivity contribution in [1.29, 1.82) is 0 Å². The normalized spacial score (nSPS) is 11.5. The van der Waals surface area contributed by atoms with Crippen LogP contribution in [0.1, 0.15) is 12.8 Å². The Balaban J connectivity index is 1.20. The molecule has 0 aliphatic carbocycles. The summed E-state index contributed by atoms with van der Waals surface area (Å²) in [4.78, 5) is 15.9. The molecule has 0 fully saturated rings. The Labute approximate surface area is 148 Å². The van der Waals surface area contributed by atoms with E-state index >= 15 is 0 Å². The van der Waals surface area contributed by atoms with Crippen molar-refractivity contribution < 1.29 is 0 Å². The molecule has 0 spiro atoms. The van der Waals surface area contributed by atoms with Gasteiger partial charge in [0.2, 0.25) is 0 Å². The number of rotatable bonds is 7. The number of nitrogens with zero attached hydrogens (tertiary/aromatic N) is 2. The predicted octanol–water partition coefficient (Wildman–Crippen LogP) is 5.10. The quantitative estimate of drug-likeness (QED) is 0.358. The molecule has 0 radical (unpaired) electrons. The Morgan fingerprint density at radius 1 is 0.667 bits per heavy atom. The van der Waals surface area contributed by atoms with Gasteiger partial charge in [-0.25, -0.2) is 9.97 Å². The summed E-state index contributed by atoms with van der Waals surface area (Å²) in [5.74, 6) is 2.17. The minimum Gasteiger partial charge on any atom is -0.333 e. The zero-order chi connectivity index (χ0) is 16.2. The van der Waals surface area contributed by atoms with Gasteiger partial charge in [0.15, 0.2) is 10.3 Å². The molecule has 0 saturated heterocycles. The fraction of sp³-hybridized carbons (Fsp3) is 0.222. The van der Waals surface area contributed by atoms with E-state index in [1.807, 2.05) is 36.4 Å². The van der Waals surface area contributed by atoms with Gasteiger partial charge in [-0.05, 0) is 37.1 Å². The standard InChI is InChI=1S/C18H18N4S2/c1-2-8-14-13(7-1)19-17(20-14)23-11-5-6-12-24-18-21-15-9-3-4-10-16(15)22-18/h1-4,7-10H,5-6,11-12H2,(H,19,20)(H,21,22). The Hall–Kier alpha value is -1.92. The number of benzene rings is 2. The number of imidazole rings is 2. The lowest BCUT2D eigenvalue weighted by molar-refractivity contribution is 0.900. The van der Waals surface area contributed by atoms with Crippen LogP contribution in [0, 0.1) is 0 Å². The molecule has 0 atom stereocenters. The zero-order valence-electron chi connectivity index (χ0n) is 13.2. The summed E-state index contributed by atoms with van der Waals surface area (Å²) < 4.78 is 0. The number of hydrogen-bond acceptors (Lipinski definition) is 4. The van der Waals surface area contributed by atoms with Crippen molar-refractivity contribution in [3.63, 3.8) is 0 Å². The van der Waals surface area contributed by atoms with Crippen LogP contribution in [0.5, 0.6) is 0 Å². The van der Waals surface area contributed by atoms with Crippen molar-refractivity contribution in [3.8, 4) is 0 Å². The molecule has 0 unspecified atom stereocenters. The topological polar surface area (TPSA) is 57.4 Å². The first-order chi connectivity index (χ1) is 11.9. The van der Waals surface area contributed by atoms with E-state index in [4.69, 9.17) is 0 Å². The molecule has 4 aromatic rings. The number of aromatic amines is 2. The number of nitrogens with one attached hydrogen (secondary N) is 2. The van der Waals surface area contributed by atoms with E-state index in [-0.39, 0.29) is 0 Å². The minimum atomic E-state index is 1.01. The van der Waals surface area contributed by atoms with Gasteiger partial charge in [-0.15, -0.1) is 0 Å². The van der Waals surface area contributed by atoms with E-state index in [9.17, 15) is 0 Å². The molecule has 2 aromatic heterocycles. The van der Waals surface area contributed by atoms with Crippen LogP contribution < -0.4 is 0 Å². The number of unbranched alkanes of at least 4 members (excludes halogenated alkanes) is 1. The molecule has 6 heteroatoms. The first-order valence-corrected chi connectivity index (χ1v) is 10.0. The van der Waals surface area contributed by atoms with E-state index in [0.29, 0.717) is 0 Å². The number of para-hydroxylation sites is 4. The molecule has 2 N–H and O–H groups in total. The highest BCUT2D eigenvalue weighted by Crippen LogP contribution is 2.22. The van der Waals surface area contributed by atoms with Crippen LogP contribution in [0.15, 0.2) is 58.8 Å². The van der Waals surface area contributed by atoms with Crippen molar-refractivity contribution in [1.82, 2.24) is 19.9 Å². The summed E-state index contributed by atoms with van der Waals surface area (Å²) >= 11 is 3.59. The molecular weight excluding hydrogens is 336 g/mol. The third kappa shape index (κ3) is 3.60. The molecule has 0 amide bonds. The molecule has 2 heterocycles. The van der Waals surface area contributed by atoms with Gasteiger partial charge in [-0.3, -0.25) is 0 Å². The molecular formula is C18H18N4S2. The summed E-state index contributed by atoms with van der Waals surface area (Å²) in [7, 11) is 0. The van der Waals surface area contributed by atoms with Gasteiger partial charge in [0.05, 0.1) is 22.1 Å².